The Hall–Kier alpha value is -1.02. The fourth-order valence-electron chi connectivity index (χ4n) is 3.90. The van der Waals surface area contributed by atoms with Crippen LogP contribution in [0.3, 0.4) is 0 Å². The number of nitrogens with one attached hydrogen (secondary N) is 1. The van der Waals surface area contributed by atoms with Crippen LogP contribution in [0.2, 0.25) is 0 Å². The quantitative estimate of drug-likeness (QED) is 0.655. The van der Waals surface area contributed by atoms with E-state index < -0.39 is 0 Å². The number of hydrogen-bond donors (Lipinski definition) is 1. The van der Waals surface area contributed by atoms with Crippen molar-refractivity contribution in [3.05, 3.63) is 29.8 Å². The first-order valence-corrected chi connectivity index (χ1v) is 9.67. The Morgan fingerprint density at radius 3 is 2.74 bits per heavy atom. The van der Waals surface area contributed by atoms with E-state index in [0.717, 1.165) is 6.54 Å². The van der Waals surface area contributed by atoms with Gasteiger partial charge in [-0.1, -0.05) is 52.2 Å². The predicted molar refractivity (Wildman–Crippen MR) is 102 cm³/mol. The van der Waals surface area contributed by atoms with E-state index in [4.69, 9.17) is 0 Å². The number of anilines is 1. The molecule has 0 amide bonds. The predicted octanol–water partition coefficient (Wildman–Crippen LogP) is 5.30. The maximum atomic E-state index is 3.46. The largest absolute Gasteiger partial charge is 0.385 e. The number of likely N-dealkylation sites (tertiary alicyclic amines) is 1. The summed E-state index contributed by atoms with van der Waals surface area (Å²) in [5.41, 5.74) is 3.08. The van der Waals surface area contributed by atoms with Crippen molar-refractivity contribution in [2.24, 2.45) is 5.92 Å². The van der Waals surface area contributed by atoms with Gasteiger partial charge in [-0.2, -0.15) is 0 Å². The third kappa shape index (κ3) is 4.73. The lowest BCUT2D eigenvalue weighted by Crippen LogP contribution is -2.47. The fourth-order valence-corrected chi connectivity index (χ4v) is 3.90. The summed E-state index contributed by atoms with van der Waals surface area (Å²) in [6.07, 6.45) is 6.75. The lowest BCUT2D eigenvalue weighted by Gasteiger charge is -2.45. The summed E-state index contributed by atoms with van der Waals surface area (Å²) in [6, 6.07) is 9.09. The first kappa shape index (κ1) is 18.3. The van der Waals surface area contributed by atoms with E-state index in [2.05, 4.69) is 62.2 Å². The smallest absolute Gasteiger partial charge is 0.0343 e. The number of unbranched alkanes of at least 4 members (excludes halogenated alkanes) is 3. The summed E-state index contributed by atoms with van der Waals surface area (Å²) in [6.45, 7) is 14.1. The normalized spacial score (nSPS) is 25.5. The Kier molecular flexibility index (Phi) is 6.95. The van der Waals surface area contributed by atoms with E-state index in [9.17, 15) is 0 Å². The molecule has 0 aromatic heterocycles. The molecule has 1 fully saturated rings. The zero-order valence-corrected chi connectivity index (χ0v) is 15.7. The van der Waals surface area contributed by atoms with Gasteiger partial charge in [-0.25, -0.2) is 0 Å². The van der Waals surface area contributed by atoms with E-state index in [1.807, 2.05) is 0 Å². The van der Waals surface area contributed by atoms with E-state index in [1.165, 1.54) is 63.0 Å². The Bertz CT molecular complexity index is 471. The van der Waals surface area contributed by atoms with Crippen LogP contribution in [0.15, 0.2) is 24.3 Å². The van der Waals surface area contributed by atoms with Gasteiger partial charge in [0.2, 0.25) is 0 Å². The average Bonchev–Trinajstić information content (AvgIpc) is 2.55. The molecule has 2 atom stereocenters. The van der Waals surface area contributed by atoms with Crippen LogP contribution in [-0.4, -0.2) is 31.1 Å². The minimum Gasteiger partial charge on any atom is -0.385 e. The molecule has 0 bridgehead atoms. The highest BCUT2D eigenvalue weighted by Crippen LogP contribution is 2.40. The topological polar surface area (TPSA) is 15.3 Å². The molecule has 1 aliphatic rings. The van der Waals surface area contributed by atoms with Crippen molar-refractivity contribution in [1.29, 1.82) is 0 Å². The van der Waals surface area contributed by atoms with Gasteiger partial charge >= 0.3 is 0 Å². The lowest BCUT2D eigenvalue weighted by molar-refractivity contribution is 0.109. The summed E-state index contributed by atoms with van der Waals surface area (Å²) in [5.74, 6) is 0.708. The fraction of sp³-hybridized carbons (Fsp3) is 0.714. The second-order valence-electron chi connectivity index (χ2n) is 7.54. The molecule has 2 rings (SSSR count). The first-order valence-electron chi connectivity index (χ1n) is 9.67. The van der Waals surface area contributed by atoms with Gasteiger partial charge in [-0.15, -0.1) is 0 Å². The molecule has 0 spiro atoms. The Morgan fingerprint density at radius 1 is 1.22 bits per heavy atom. The maximum Gasteiger partial charge on any atom is 0.0343 e. The minimum absolute atomic E-state index is 0.311. The molecule has 0 aliphatic carbocycles. The van der Waals surface area contributed by atoms with Gasteiger partial charge in [-0.05, 0) is 61.9 Å². The standard InChI is InChI=1S/C21H36N2/c1-5-7-8-9-14-23-15-13-21(4,18(3)17-23)19-11-10-12-20(16-19)22-6-2/h10-12,16,18,22H,5-9,13-15,17H2,1-4H3. The zero-order valence-electron chi connectivity index (χ0n) is 15.7. The third-order valence-electron chi connectivity index (χ3n) is 5.80. The van der Waals surface area contributed by atoms with Gasteiger partial charge in [0.1, 0.15) is 0 Å². The number of rotatable bonds is 8. The minimum atomic E-state index is 0.311. The van der Waals surface area contributed by atoms with Gasteiger partial charge in [0, 0.05) is 18.8 Å². The molecular weight excluding hydrogens is 280 g/mol. The van der Waals surface area contributed by atoms with Crippen molar-refractivity contribution in [1.82, 2.24) is 4.90 Å². The Balaban J connectivity index is 1.96. The monoisotopic (exact) mass is 316 g/mol. The first-order chi connectivity index (χ1) is 11.1. The molecule has 1 N–H and O–H groups in total. The van der Waals surface area contributed by atoms with E-state index in [-0.39, 0.29) is 0 Å². The van der Waals surface area contributed by atoms with Gasteiger partial charge in [0.15, 0.2) is 0 Å². The van der Waals surface area contributed by atoms with Crippen molar-refractivity contribution in [2.45, 2.75) is 65.2 Å². The molecule has 130 valence electrons. The highest BCUT2D eigenvalue weighted by molar-refractivity contribution is 5.47. The van der Waals surface area contributed by atoms with Crippen LogP contribution >= 0.6 is 0 Å². The van der Waals surface area contributed by atoms with E-state index in [0.29, 0.717) is 11.3 Å². The highest BCUT2D eigenvalue weighted by Gasteiger charge is 2.37. The van der Waals surface area contributed by atoms with E-state index in [1.54, 1.807) is 0 Å². The molecule has 2 heteroatoms. The number of benzene rings is 1. The maximum absolute atomic E-state index is 3.46. The number of nitrogens with zero attached hydrogens (tertiary/aromatic N) is 1. The van der Waals surface area contributed by atoms with Crippen molar-refractivity contribution in [2.75, 3.05) is 31.5 Å². The van der Waals surface area contributed by atoms with Crippen molar-refractivity contribution < 1.29 is 0 Å². The van der Waals surface area contributed by atoms with Crippen LogP contribution in [0.4, 0.5) is 5.69 Å². The molecule has 1 aliphatic heterocycles. The summed E-state index contributed by atoms with van der Waals surface area (Å²) in [7, 11) is 0. The summed E-state index contributed by atoms with van der Waals surface area (Å²) < 4.78 is 0. The molecule has 1 heterocycles. The SMILES string of the molecule is CCCCCCN1CCC(C)(c2cccc(NCC)c2)C(C)C1. The molecule has 0 saturated carbocycles. The van der Waals surface area contributed by atoms with Crippen molar-refractivity contribution in [3.8, 4) is 0 Å². The molecule has 1 aromatic carbocycles. The summed E-state index contributed by atoms with van der Waals surface area (Å²) in [4.78, 5) is 2.69. The van der Waals surface area contributed by atoms with Crippen molar-refractivity contribution >= 4 is 5.69 Å². The summed E-state index contributed by atoms with van der Waals surface area (Å²) >= 11 is 0. The van der Waals surface area contributed by atoms with Gasteiger partial charge in [0.05, 0.1) is 0 Å². The van der Waals surface area contributed by atoms with Crippen LogP contribution in [0.1, 0.15) is 65.4 Å². The molecule has 2 unspecified atom stereocenters. The average molecular weight is 317 g/mol. The summed E-state index contributed by atoms with van der Waals surface area (Å²) in [5, 5.41) is 3.46. The molecule has 1 aromatic rings. The Morgan fingerprint density at radius 2 is 2.04 bits per heavy atom. The number of piperidine rings is 1. The van der Waals surface area contributed by atoms with Crippen LogP contribution < -0.4 is 5.32 Å². The second kappa shape index (κ2) is 8.73. The third-order valence-corrected chi connectivity index (χ3v) is 5.80. The van der Waals surface area contributed by atoms with Crippen LogP contribution in [0.5, 0.6) is 0 Å². The second-order valence-corrected chi connectivity index (χ2v) is 7.54. The highest BCUT2D eigenvalue weighted by atomic mass is 15.1. The lowest BCUT2D eigenvalue weighted by atomic mass is 9.68. The van der Waals surface area contributed by atoms with E-state index >= 15 is 0 Å². The Labute approximate surface area is 143 Å². The molecule has 23 heavy (non-hydrogen) atoms. The van der Waals surface area contributed by atoms with Crippen LogP contribution in [-0.2, 0) is 5.41 Å². The van der Waals surface area contributed by atoms with Gasteiger partial charge in [-0.3, -0.25) is 0 Å². The number of hydrogen-bond acceptors (Lipinski definition) is 2. The molecule has 1 saturated heterocycles. The molecule has 0 radical (unpaired) electrons. The van der Waals surface area contributed by atoms with Crippen LogP contribution in [0, 0.1) is 5.92 Å². The van der Waals surface area contributed by atoms with Crippen molar-refractivity contribution in [3.63, 3.8) is 0 Å². The zero-order chi connectivity index (χ0) is 16.7. The van der Waals surface area contributed by atoms with Crippen LogP contribution in [0.25, 0.3) is 0 Å². The molecular formula is C21H36N2. The van der Waals surface area contributed by atoms with Gasteiger partial charge in [0.25, 0.3) is 0 Å². The van der Waals surface area contributed by atoms with Gasteiger partial charge < -0.3 is 10.2 Å². The molecule has 2 nitrogen and oxygen atoms in total.